The number of amides is 1. The highest BCUT2D eigenvalue weighted by Crippen LogP contribution is 2.30. The average molecular weight is 333 g/mol. The van der Waals surface area contributed by atoms with Crippen molar-refractivity contribution >= 4 is 44.9 Å². The molecule has 0 saturated carbocycles. The second-order valence-corrected chi connectivity index (χ2v) is 6.80. The number of halogens is 1. The van der Waals surface area contributed by atoms with Gasteiger partial charge >= 0.3 is 0 Å². The monoisotopic (exact) mass is 333 g/mol. The molecule has 7 heteroatoms. The number of rotatable bonds is 4. The highest BCUT2D eigenvalue weighted by Gasteiger charge is 2.17. The van der Waals surface area contributed by atoms with Gasteiger partial charge in [-0.2, -0.15) is 0 Å². The Hall–Kier alpha value is -1.99. The zero-order valence-corrected chi connectivity index (χ0v) is 13.2. The minimum Gasteiger partial charge on any atom is -0.325 e. The van der Waals surface area contributed by atoms with E-state index in [0.717, 1.165) is 15.2 Å². The minimum absolute atomic E-state index is 0.197. The largest absolute Gasteiger partial charge is 0.325 e. The van der Waals surface area contributed by atoms with Gasteiger partial charge in [0.25, 0.3) is 0 Å². The fourth-order valence-corrected chi connectivity index (χ4v) is 3.59. The van der Waals surface area contributed by atoms with Crippen LogP contribution in [-0.2, 0) is 4.79 Å². The van der Waals surface area contributed by atoms with E-state index in [1.165, 1.54) is 41.6 Å². The molecule has 1 atom stereocenters. The zero-order valence-electron chi connectivity index (χ0n) is 11.6. The van der Waals surface area contributed by atoms with E-state index in [1.807, 2.05) is 11.4 Å². The molecule has 4 nitrogen and oxygen atoms in total. The van der Waals surface area contributed by atoms with E-state index in [0.29, 0.717) is 5.69 Å². The van der Waals surface area contributed by atoms with Crippen molar-refractivity contribution in [3.8, 4) is 0 Å². The van der Waals surface area contributed by atoms with Crippen molar-refractivity contribution in [2.24, 2.45) is 0 Å². The van der Waals surface area contributed by atoms with Crippen molar-refractivity contribution in [1.29, 1.82) is 0 Å². The Balaban J connectivity index is 1.72. The van der Waals surface area contributed by atoms with Crippen molar-refractivity contribution < 1.29 is 9.18 Å². The molecule has 0 bridgehead atoms. The summed E-state index contributed by atoms with van der Waals surface area (Å²) in [6.07, 6.45) is 1.50. The van der Waals surface area contributed by atoms with Gasteiger partial charge in [0.2, 0.25) is 5.91 Å². The molecule has 1 amide bonds. The SMILES string of the molecule is C[C@H](Sc1ncnc2sccc12)C(=O)Nc1cccc(F)c1. The summed E-state index contributed by atoms with van der Waals surface area (Å²) >= 11 is 2.89. The maximum Gasteiger partial charge on any atom is 0.237 e. The van der Waals surface area contributed by atoms with Gasteiger partial charge in [-0.15, -0.1) is 11.3 Å². The number of fused-ring (bicyclic) bond motifs is 1. The van der Waals surface area contributed by atoms with Crippen LogP contribution in [0, 0.1) is 5.82 Å². The molecule has 3 aromatic rings. The molecule has 112 valence electrons. The van der Waals surface area contributed by atoms with Gasteiger partial charge < -0.3 is 5.32 Å². The smallest absolute Gasteiger partial charge is 0.237 e. The molecule has 1 N–H and O–H groups in total. The van der Waals surface area contributed by atoms with Crippen molar-refractivity contribution in [2.75, 3.05) is 5.32 Å². The van der Waals surface area contributed by atoms with Crippen LogP contribution in [0.3, 0.4) is 0 Å². The zero-order chi connectivity index (χ0) is 15.5. The van der Waals surface area contributed by atoms with Crippen LogP contribution in [-0.4, -0.2) is 21.1 Å². The first-order valence-electron chi connectivity index (χ1n) is 6.55. The van der Waals surface area contributed by atoms with Crippen molar-refractivity contribution in [1.82, 2.24) is 9.97 Å². The highest BCUT2D eigenvalue weighted by atomic mass is 32.2. The maximum absolute atomic E-state index is 13.1. The second kappa shape index (κ2) is 6.41. The molecule has 0 fully saturated rings. The summed E-state index contributed by atoms with van der Waals surface area (Å²) in [5.41, 5.74) is 0.445. The summed E-state index contributed by atoms with van der Waals surface area (Å²) < 4.78 is 13.1. The van der Waals surface area contributed by atoms with E-state index < -0.39 is 0 Å². The van der Waals surface area contributed by atoms with Crippen molar-refractivity contribution in [2.45, 2.75) is 17.2 Å². The predicted octanol–water partition coefficient (Wildman–Crippen LogP) is 3.95. The number of hydrogen-bond acceptors (Lipinski definition) is 5. The molecule has 1 aromatic carbocycles. The van der Waals surface area contributed by atoms with Gasteiger partial charge in [0, 0.05) is 11.1 Å². The summed E-state index contributed by atoms with van der Waals surface area (Å²) in [4.78, 5) is 21.5. The molecular formula is C15H12FN3OS2. The molecule has 2 heterocycles. The van der Waals surface area contributed by atoms with Gasteiger partial charge in [0.05, 0.1) is 5.25 Å². The number of carbonyl (C=O) groups excluding carboxylic acids is 1. The third kappa shape index (κ3) is 3.26. The Bertz CT molecular complexity index is 821. The van der Waals surface area contributed by atoms with E-state index in [-0.39, 0.29) is 17.0 Å². The van der Waals surface area contributed by atoms with E-state index in [9.17, 15) is 9.18 Å². The van der Waals surface area contributed by atoms with Gasteiger partial charge in [0.15, 0.2) is 0 Å². The van der Waals surface area contributed by atoms with Crippen LogP contribution in [0.25, 0.3) is 10.2 Å². The van der Waals surface area contributed by atoms with Gasteiger partial charge in [-0.05, 0) is 36.6 Å². The lowest BCUT2D eigenvalue weighted by Crippen LogP contribution is -2.22. The number of benzene rings is 1. The molecule has 0 spiro atoms. The molecule has 3 rings (SSSR count). The summed E-state index contributed by atoms with van der Waals surface area (Å²) in [6.45, 7) is 1.79. The fourth-order valence-electron chi connectivity index (χ4n) is 1.89. The van der Waals surface area contributed by atoms with E-state index in [4.69, 9.17) is 0 Å². The number of hydrogen-bond donors (Lipinski definition) is 1. The van der Waals surface area contributed by atoms with Crippen molar-refractivity contribution in [3.05, 3.63) is 47.9 Å². The maximum atomic E-state index is 13.1. The summed E-state index contributed by atoms with van der Waals surface area (Å²) in [6, 6.07) is 7.78. The Labute approximate surface area is 134 Å². The van der Waals surface area contributed by atoms with Crippen LogP contribution in [0.5, 0.6) is 0 Å². The van der Waals surface area contributed by atoms with Gasteiger partial charge in [0.1, 0.15) is 22.0 Å². The van der Waals surface area contributed by atoms with Crippen LogP contribution >= 0.6 is 23.1 Å². The molecule has 0 radical (unpaired) electrons. The number of thioether (sulfide) groups is 1. The number of anilines is 1. The van der Waals surface area contributed by atoms with Crippen LogP contribution in [0.2, 0.25) is 0 Å². The molecule has 0 aliphatic heterocycles. The molecule has 0 aliphatic rings. The van der Waals surface area contributed by atoms with Crippen LogP contribution in [0.1, 0.15) is 6.92 Å². The topological polar surface area (TPSA) is 54.9 Å². The first-order chi connectivity index (χ1) is 10.6. The highest BCUT2D eigenvalue weighted by molar-refractivity contribution is 8.00. The first kappa shape index (κ1) is 14.9. The van der Waals surface area contributed by atoms with E-state index in [1.54, 1.807) is 19.1 Å². The number of nitrogens with zero attached hydrogens (tertiary/aromatic N) is 2. The summed E-state index contributed by atoms with van der Waals surface area (Å²) in [7, 11) is 0. The number of aromatic nitrogens is 2. The molecule has 2 aromatic heterocycles. The Morgan fingerprint density at radius 3 is 3.05 bits per heavy atom. The number of carbonyl (C=O) groups is 1. The summed E-state index contributed by atoms with van der Waals surface area (Å²) in [5.74, 6) is -0.577. The minimum atomic E-state index is -0.381. The Kier molecular flexibility index (Phi) is 4.35. The van der Waals surface area contributed by atoms with Crippen LogP contribution in [0.15, 0.2) is 47.1 Å². The number of thiophene rings is 1. The predicted molar refractivity (Wildman–Crippen MR) is 87.8 cm³/mol. The standard InChI is InChI=1S/C15H12FN3OS2/c1-9(13(20)19-11-4-2-3-10(16)7-11)22-15-12-5-6-21-14(12)17-8-18-15/h2-9H,1H3,(H,19,20)/t9-/m0/s1. The second-order valence-electron chi connectivity index (χ2n) is 4.58. The third-order valence-corrected chi connectivity index (χ3v) is 4.91. The molecule has 0 unspecified atom stereocenters. The molecule has 0 saturated heterocycles. The Morgan fingerprint density at radius 1 is 1.36 bits per heavy atom. The number of nitrogens with one attached hydrogen (secondary N) is 1. The normalized spacial score (nSPS) is 12.3. The van der Waals surface area contributed by atoms with E-state index in [2.05, 4.69) is 15.3 Å². The van der Waals surface area contributed by atoms with Gasteiger partial charge in [-0.3, -0.25) is 4.79 Å². The quantitative estimate of drug-likeness (QED) is 0.580. The first-order valence-corrected chi connectivity index (χ1v) is 8.31. The summed E-state index contributed by atoms with van der Waals surface area (Å²) in [5, 5.41) is 6.01. The molecule has 0 aliphatic carbocycles. The fraction of sp³-hybridized carbons (Fsp3) is 0.133. The lowest BCUT2D eigenvalue weighted by molar-refractivity contribution is -0.115. The third-order valence-electron chi connectivity index (χ3n) is 2.97. The lowest BCUT2D eigenvalue weighted by atomic mass is 10.3. The molecular weight excluding hydrogens is 321 g/mol. The van der Waals surface area contributed by atoms with E-state index >= 15 is 0 Å². The molecule has 22 heavy (non-hydrogen) atoms. The average Bonchev–Trinajstić information content (AvgIpc) is 2.96. The van der Waals surface area contributed by atoms with Gasteiger partial charge in [-0.25, -0.2) is 14.4 Å². The van der Waals surface area contributed by atoms with Crippen molar-refractivity contribution in [3.63, 3.8) is 0 Å². The lowest BCUT2D eigenvalue weighted by Gasteiger charge is -2.12. The Morgan fingerprint density at radius 2 is 2.23 bits per heavy atom. The van der Waals surface area contributed by atoms with Gasteiger partial charge in [-0.1, -0.05) is 17.8 Å². The van der Waals surface area contributed by atoms with Crippen LogP contribution < -0.4 is 5.32 Å². The van der Waals surface area contributed by atoms with Crippen LogP contribution in [0.4, 0.5) is 10.1 Å².